The van der Waals surface area contributed by atoms with Crippen LogP contribution in [0.1, 0.15) is 6.42 Å². The number of hydrazone groups is 1. The average Bonchev–Trinajstić information content (AvgIpc) is 3.39. The Hall–Kier alpha value is -3.66. The van der Waals surface area contributed by atoms with Crippen molar-refractivity contribution in [3.63, 3.8) is 0 Å². The van der Waals surface area contributed by atoms with Crippen LogP contribution in [-0.4, -0.2) is 40.7 Å². The molecular weight excluding hydrogens is 406 g/mol. The molecule has 9 nitrogen and oxygen atoms in total. The Morgan fingerprint density at radius 1 is 1.20 bits per heavy atom. The Balaban J connectivity index is 1.33. The molecule has 0 aliphatic carbocycles. The lowest BCUT2D eigenvalue weighted by Gasteiger charge is -2.10. The third-order valence-electron chi connectivity index (χ3n) is 4.11. The Kier molecular flexibility index (Phi) is 5.75. The van der Waals surface area contributed by atoms with Gasteiger partial charge < -0.3 is 14.5 Å². The van der Waals surface area contributed by atoms with E-state index in [1.54, 1.807) is 25.3 Å². The quantitative estimate of drug-likeness (QED) is 0.607. The monoisotopic (exact) mass is 423 g/mol. The molecule has 2 heterocycles. The van der Waals surface area contributed by atoms with Crippen LogP contribution in [0, 0.1) is 0 Å². The van der Waals surface area contributed by atoms with Gasteiger partial charge in [-0.05, 0) is 30.3 Å². The first kappa shape index (κ1) is 19.6. The van der Waals surface area contributed by atoms with Crippen molar-refractivity contribution < 1.29 is 18.7 Å². The van der Waals surface area contributed by atoms with Gasteiger partial charge in [-0.3, -0.25) is 9.59 Å². The van der Waals surface area contributed by atoms with Crippen LogP contribution in [0.3, 0.4) is 0 Å². The predicted octanol–water partition coefficient (Wildman–Crippen LogP) is 2.70. The number of ether oxygens (including phenoxy) is 1. The molecule has 0 unspecified atom stereocenters. The molecule has 3 aromatic rings. The molecule has 0 radical (unpaired) electrons. The molecule has 1 N–H and O–H groups in total. The molecule has 2 aromatic carbocycles. The summed E-state index contributed by atoms with van der Waals surface area (Å²) in [5.41, 5.74) is 1.37. The molecular formula is C20H17N5O4S. The van der Waals surface area contributed by atoms with Crippen LogP contribution in [-0.2, 0) is 9.59 Å². The van der Waals surface area contributed by atoms with E-state index in [9.17, 15) is 9.59 Å². The summed E-state index contributed by atoms with van der Waals surface area (Å²) in [7, 11) is 1.58. The molecule has 1 aliphatic rings. The summed E-state index contributed by atoms with van der Waals surface area (Å²) < 4.78 is 10.8. The highest BCUT2D eigenvalue weighted by atomic mass is 32.2. The maximum atomic E-state index is 12.2. The van der Waals surface area contributed by atoms with E-state index < -0.39 is 0 Å². The van der Waals surface area contributed by atoms with E-state index >= 15 is 0 Å². The van der Waals surface area contributed by atoms with Gasteiger partial charge in [0.25, 0.3) is 11.1 Å². The number of methoxy groups -OCH3 is 1. The minimum Gasteiger partial charge on any atom is -0.497 e. The van der Waals surface area contributed by atoms with Gasteiger partial charge in [-0.1, -0.05) is 36.0 Å². The lowest BCUT2D eigenvalue weighted by atomic mass is 10.2. The second kappa shape index (κ2) is 8.78. The van der Waals surface area contributed by atoms with E-state index in [1.165, 1.54) is 5.01 Å². The number of para-hydroxylation sites is 1. The van der Waals surface area contributed by atoms with Crippen molar-refractivity contribution in [2.45, 2.75) is 11.6 Å². The normalized spacial score (nSPS) is 13.3. The van der Waals surface area contributed by atoms with Gasteiger partial charge >= 0.3 is 0 Å². The van der Waals surface area contributed by atoms with Crippen molar-refractivity contribution in [1.82, 2.24) is 15.5 Å². The van der Waals surface area contributed by atoms with E-state index in [4.69, 9.17) is 9.15 Å². The van der Waals surface area contributed by atoms with Gasteiger partial charge in [-0.2, -0.15) is 10.1 Å². The molecule has 1 aromatic heterocycles. The molecule has 0 spiro atoms. The van der Waals surface area contributed by atoms with E-state index in [2.05, 4.69) is 20.6 Å². The SMILES string of the molecule is COc1cccc(-c2nnc(SCC(=O)NC3=NN(c4ccccc4)C(=O)C3)o2)c1. The number of benzene rings is 2. The molecule has 30 heavy (non-hydrogen) atoms. The third kappa shape index (κ3) is 4.49. The number of anilines is 1. The van der Waals surface area contributed by atoms with Gasteiger partial charge in [0.2, 0.25) is 11.8 Å². The number of carbonyl (C=O) groups is 2. The topological polar surface area (TPSA) is 110 Å². The number of hydrogen-bond acceptors (Lipinski definition) is 8. The fourth-order valence-corrected chi connectivity index (χ4v) is 3.30. The van der Waals surface area contributed by atoms with Crippen LogP contribution in [0.2, 0.25) is 0 Å². The highest BCUT2D eigenvalue weighted by Crippen LogP contribution is 2.26. The maximum absolute atomic E-state index is 12.2. The Morgan fingerprint density at radius 3 is 2.83 bits per heavy atom. The first-order chi connectivity index (χ1) is 14.6. The summed E-state index contributed by atoms with van der Waals surface area (Å²) >= 11 is 1.10. The highest BCUT2D eigenvalue weighted by Gasteiger charge is 2.26. The number of nitrogens with zero attached hydrogens (tertiary/aromatic N) is 4. The van der Waals surface area contributed by atoms with Crippen LogP contribution in [0.5, 0.6) is 5.75 Å². The molecule has 2 amide bonds. The van der Waals surface area contributed by atoms with E-state index in [-0.39, 0.29) is 29.2 Å². The minimum absolute atomic E-state index is 0.0336. The number of rotatable bonds is 6. The van der Waals surface area contributed by atoms with Crippen LogP contribution >= 0.6 is 11.8 Å². The molecule has 0 bridgehead atoms. The maximum Gasteiger partial charge on any atom is 0.277 e. The van der Waals surface area contributed by atoms with Crippen molar-refractivity contribution in [2.24, 2.45) is 5.10 Å². The zero-order valence-electron chi connectivity index (χ0n) is 15.9. The number of hydrogen-bond donors (Lipinski definition) is 1. The summed E-state index contributed by atoms with van der Waals surface area (Å²) in [5.74, 6) is 0.832. The number of amidine groups is 1. The molecule has 0 saturated heterocycles. The second-order valence-electron chi connectivity index (χ2n) is 6.21. The molecule has 10 heteroatoms. The smallest absolute Gasteiger partial charge is 0.277 e. The zero-order valence-corrected chi connectivity index (χ0v) is 16.8. The summed E-state index contributed by atoms with van der Waals surface area (Å²) in [4.78, 5) is 24.4. The van der Waals surface area contributed by atoms with Gasteiger partial charge in [0.1, 0.15) is 11.6 Å². The number of aromatic nitrogens is 2. The molecule has 0 atom stereocenters. The van der Waals surface area contributed by atoms with E-state index in [0.717, 1.165) is 17.3 Å². The lowest BCUT2D eigenvalue weighted by Crippen LogP contribution is -2.31. The number of amides is 2. The second-order valence-corrected chi connectivity index (χ2v) is 7.13. The van der Waals surface area contributed by atoms with Crippen LogP contribution in [0.4, 0.5) is 5.69 Å². The van der Waals surface area contributed by atoms with E-state index in [0.29, 0.717) is 23.2 Å². The zero-order chi connectivity index (χ0) is 20.9. The first-order valence-electron chi connectivity index (χ1n) is 8.98. The molecule has 1 aliphatic heterocycles. The lowest BCUT2D eigenvalue weighted by molar-refractivity contribution is -0.117. The molecule has 152 valence electrons. The van der Waals surface area contributed by atoms with Crippen molar-refractivity contribution >= 4 is 35.1 Å². The molecule has 0 saturated carbocycles. The number of carbonyl (C=O) groups excluding carboxylic acids is 2. The summed E-state index contributed by atoms with van der Waals surface area (Å²) in [6.07, 6.45) is 0.0336. The van der Waals surface area contributed by atoms with E-state index in [1.807, 2.05) is 36.4 Å². The Morgan fingerprint density at radius 2 is 2.03 bits per heavy atom. The summed E-state index contributed by atoms with van der Waals surface area (Å²) in [5, 5.41) is 16.3. The van der Waals surface area contributed by atoms with Crippen molar-refractivity contribution in [1.29, 1.82) is 0 Å². The fourth-order valence-electron chi connectivity index (χ4n) is 2.74. The minimum atomic E-state index is -0.317. The summed E-state index contributed by atoms with van der Waals surface area (Å²) in [6, 6.07) is 16.3. The van der Waals surface area contributed by atoms with Crippen LogP contribution < -0.4 is 15.1 Å². The number of thioether (sulfide) groups is 1. The highest BCUT2D eigenvalue weighted by molar-refractivity contribution is 7.99. The van der Waals surface area contributed by atoms with Gasteiger partial charge in [-0.25, -0.2) is 0 Å². The van der Waals surface area contributed by atoms with Gasteiger partial charge in [0, 0.05) is 5.56 Å². The van der Waals surface area contributed by atoms with Crippen LogP contribution in [0.25, 0.3) is 11.5 Å². The molecule has 0 fully saturated rings. The largest absolute Gasteiger partial charge is 0.497 e. The summed E-state index contributed by atoms with van der Waals surface area (Å²) in [6.45, 7) is 0. The van der Waals surface area contributed by atoms with Crippen molar-refractivity contribution in [3.8, 4) is 17.2 Å². The number of nitrogens with one attached hydrogen (secondary N) is 1. The molecule has 4 rings (SSSR count). The van der Waals surface area contributed by atoms with Crippen LogP contribution in [0.15, 0.2) is 69.3 Å². The Bertz CT molecular complexity index is 1100. The average molecular weight is 423 g/mol. The fraction of sp³-hybridized carbons (Fsp3) is 0.150. The Labute approximate surface area is 176 Å². The van der Waals surface area contributed by atoms with Crippen molar-refractivity contribution in [2.75, 3.05) is 17.9 Å². The van der Waals surface area contributed by atoms with Gasteiger partial charge in [0.05, 0.1) is 25.0 Å². The first-order valence-corrected chi connectivity index (χ1v) is 9.97. The predicted molar refractivity (Wildman–Crippen MR) is 111 cm³/mol. The standard InChI is InChI=1S/C20H17N5O4S/c1-28-15-9-5-6-13(10-15)19-22-23-20(29-19)30-12-17(26)21-16-11-18(27)25(24-16)14-7-3-2-4-8-14/h2-10H,11-12H2,1H3,(H,21,24,26). The van der Waals surface area contributed by atoms with Crippen molar-refractivity contribution in [3.05, 3.63) is 54.6 Å². The van der Waals surface area contributed by atoms with Gasteiger partial charge in [-0.15, -0.1) is 10.2 Å². The third-order valence-corrected chi connectivity index (χ3v) is 4.93. The van der Waals surface area contributed by atoms with Gasteiger partial charge in [0.15, 0.2) is 0 Å².